The second-order valence-electron chi connectivity index (χ2n) is 9.26. The molecule has 0 saturated heterocycles. The number of nitro benzene ring substituents is 1. The highest BCUT2D eigenvalue weighted by Crippen LogP contribution is 2.68. The van der Waals surface area contributed by atoms with Crippen molar-refractivity contribution in [3.8, 4) is 5.69 Å². The molecule has 0 unspecified atom stereocenters. The fourth-order valence-electron chi connectivity index (χ4n) is 5.53. The Kier molecular flexibility index (Phi) is 4.09. The standard InChI is InChI=1S/C24H24N4O3/c1-23(2)18-12-13-24(23,3)21-19(18)20(26-27(21)16-9-5-4-6-10-16)22(29)25-15-8-7-11-17(14-15)28(30)31/h4-11,14,18H,12-13H2,1-3H3,(H,25,29)/t18-,24+/m1/s1. The van der Waals surface area contributed by atoms with E-state index in [0.29, 0.717) is 11.4 Å². The van der Waals surface area contributed by atoms with E-state index in [0.717, 1.165) is 29.8 Å². The molecule has 1 heterocycles. The smallest absolute Gasteiger partial charge is 0.276 e. The molecule has 0 spiro atoms. The summed E-state index contributed by atoms with van der Waals surface area (Å²) in [5, 5.41) is 18.7. The largest absolute Gasteiger partial charge is 0.320 e. The Balaban J connectivity index is 1.62. The SMILES string of the molecule is CC1(C)[C@@H]2CC[C@@]1(C)c1c2c(C(=O)Nc2cccc([N+](=O)[O-])c2)nn1-c1ccccc1. The number of carbonyl (C=O) groups is 1. The number of non-ortho nitro benzene ring substituents is 1. The number of carbonyl (C=O) groups excluding carboxylic acids is 1. The van der Waals surface area contributed by atoms with Crippen molar-refractivity contribution < 1.29 is 9.72 Å². The molecule has 31 heavy (non-hydrogen) atoms. The van der Waals surface area contributed by atoms with E-state index < -0.39 is 4.92 Å². The summed E-state index contributed by atoms with van der Waals surface area (Å²) in [6.07, 6.45) is 2.08. The minimum Gasteiger partial charge on any atom is -0.320 e. The van der Waals surface area contributed by atoms with E-state index in [-0.39, 0.29) is 28.3 Å². The number of nitrogens with zero attached hydrogens (tertiary/aromatic N) is 3. The zero-order chi connectivity index (χ0) is 22.0. The van der Waals surface area contributed by atoms with Gasteiger partial charge in [0.1, 0.15) is 0 Å². The van der Waals surface area contributed by atoms with Crippen LogP contribution in [0.2, 0.25) is 0 Å². The van der Waals surface area contributed by atoms with Gasteiger partial charge in [-0.15, -0.1) is 0 Å². The Morgan fingerprint density at radius 3 is 2.61 bits per heavy atom. The zero-order valence-electron chi connectivity index (χ0n) is 17.8. The summed E-state index contributed by atoms with van der Waals surface area (Å²) in [4.78, 5) is 24.0. The van der Waals surface area contributed by atoms with Gasteiger partial charge in [-0.25, -0.2) is 4.68 Å². The van der Waals surface area contributed by atoms with Gasteiger partial charge in [-0.2, -0.15) is 5.10 Å². The van der Waals surface area contributed by atoms with Gasteiger partial charge in [0.25, 0.3) is 11.6 Å². The average molecular weight is 416 g/mol. The number of nitro groups is 1. The van der Waals surface area contributed by atoms with E-state index in [2.05, 4.69) is 26.1 Å². The molecule has 1 aromatic heterocycles. The summed E-state index contributed by atoms with van der Waals surface area (Å²) in [7, 11) is 0. The maximum atomic E-state index is 13.3. The van der Waals surface area contributed by atoms with Crippen LogP contribution >= 0.6 is 0 Å². The van der Waals surface area contributed by atoms with Crippen molar-refractivity contribution in [1.29, 1.82) is 0 Å². The van der Waals surface area contributed by atoms with Gasteiger partial charge in [-0.3, -0.25) is 14.9 Å². The summed E-state index contributed by atoms with van der Waals surface area (Å²) in [6.45, 7) is 6.84. The number of amides is 1. The lowest BCUT2D eigenvalue weighted by Gasteiger charge is -2.35. The summed E-state index contributed by atoms with van der Waals surface area (Å²) in [5.74, 6) is -0.0887. The van der Waals surface area contributed by atoms with Crippen molar-refractivity contribution in [3.05, 3.63) is 81.7 Å². The maximum Gasteiger partial charge on any atom is 0.276 e. The number of rotatable bonds is 4. The van der Waals surface area contributed by atoms with Crippen LogP contribution in [0.1, 0.15) is 61.3 Å². The highest BCUT2D eigenvalue weighted by molar-refractivity contribution is 6.04. The number of benzene rings is 2. The van der Waals surface area contributed by atoms with Crippen LogP contribution in [0.25, 0.3) is 5.69 Å². The van der Waals surface area contributed by atoms with Crippen molar-refractivity contribution in [2.75, 3.05) is 5.32 Å². The molecule has 2 atom stereocenters. The third-order valence-electron chi connectivity index (χ3n) is 7.55. The van der Waals surface area contributed by atoms with E-state index in [1.54, 1.807) is 12.1 Å². The molecule has 7 nitrogen and oxygen atoms in total. The molecule has 2 aliphatic rings. The Hall–Kier alpha value is -3.48. The summed E-state index contributed by atoms with van der Waals surface area (Å²) in [5.41, 5.74) is 3.72. The lowest BCUT2D eigenvalue weighted by Crippen LogP contribution is -2.33. The summed E-state index contributed by atoms with van der Waals surface area (Å²) >= 11 is 0. The van der Waals surface area contributed by atoms with Crippen molar-refractivity contribution >= 4 is 17.3 Å². The molecule has 0 radical (unpaired) electrons. The van der Waals surface area contributed by atoms with Gasteiger partial charge in [-0.05, 0) is 42.4 Å². The first-order valence-corrected chi connectivity index (χ1v) is 10.5. The average Bonchev–Trinajstić information content (AvgIpc) is 3.31. The lowest BCUT2D eigenvalue weighted by molar-refractivity contribution is -0.384. The van der Waals surface area contributed by atoms with Crippen molar-refractivity contribution in [2.24, 2.45) is 5.41 Å². The van der Waals surface area contributed by atoms with E-state index in [9.17, 15) is 14.9 Å². The molecule has 7 heteroatoms. The molecule has 3 aromatic rings. The number of nitrogens with one attached hydrogen (secondary N) is 1. The van der Waals surface area contributed by atoms with Gasteiger partial charge in [0, 0.05) is 28.8 Å². The fourth-order valence-corrected chi connectivity index (χ4v) is 5.53. The first kappa shape index (κ1) is 19.5. The molecular formula is C24H24N4O3. The van der Waals surface area contributed by atoms with Gasteiger partial charge in [0.2, 0.25) is 0 Å². The molecule has 1 saturated carbocycles. The molecular weight excluding hydrogens is 392 g/mol. The molecule has 0 aliphatic heterocycles. The predicted molar refractivity (Wildman–Crippen MR) is 118 cm³/mol. The minimum atomic E-state index is -0.472. The van der Waals surface area contributed by atoms with E-state index >= 15 is 0 Å². The number of para-hydroxylation sites is 1. The maximum absolute atomic E-state index is 13.3. The third kappa shape index (κ3) is 2.65. The molecule has 1 amide bonds. The number of hydrogen-bond acceptors (Lipinski definition) is 4. The zero-order valence-corrected chi connectivity index (χ0v) is 17.8. The van der Waals surface area contributed by atoms with Gasteiger partial charge < -0.3 is 5.32 Å². The molecule has 1 fully saturated rings. The van der Waals surface area contributed by atoms with Crippen molar-refractivity contribution in [2.45, 2.75) is 44.9 Å². The van der Waals surface area contributed by atoms with E-state index in [1.807, 2.05) is 35.0 Å². The van der Waals surface area contributed by atoms with Crippen LogP contribution in [-0.2, 0) is 5.41 Å². The highest BCUT2D eigenvalue weighted by Gasteiger charge is 2.63. The van der Waals surface area contributed by atoms with Crippen LogP contribution in [0.4, 0.5) is 11.4 Å². The Morgan fingerprint density at radius 2 is 1.90 bits per heavy atom. The first-order valence-electron chi connectivity index (χ1n) is 10.5. The number of fused-ring (bicyclic) bond motifs is 5. The second-order valence-corrected chi connectivity index (χ2v) is 9.26. The minimum absolute atomic E-state index is 0.0116. The van der Waals surface area contributed by atoms with E-state index in [4.69, 9.17) is 5.10 Å². The topological polar surface area (TPSA) is 90.1 Å². The number of aromatic nitrogens is 2. The second kappa shape index (κ2) is 6.51. The Labute approximate surface area is 180 Å². The van der Waals surface area contributed by atoms with Crippen LogP contribution in [0.5, 0.6) is 0 Å². The normalized spacial score (nSPS) is 22.9. The third-order valence-corrected chi connectivity index (χ3v) is 7.55. The molecule has 5 rings (SSSR count). The van der Waals surface area contributed by atoms with Crippen molar-refractivity contribution in [1.82, 2.24) is 9.78 Å². The molecule has 158 valence electrons. The lowest BCUT2D eigenvalue weighted by atomic mass is 9.70. The van der Waals surface area contributed by atoms with Crippen LogP contribution < -0.4 is 5.32 Å². The molecule has 1 N–H and O–H groups in total. The van der Waals surface area contributed by atoms with Crippen LogP contribution in [-0.4, -0.2) is 20.6 Å². The van der Waals surface area contributed by atoms with E-state index in [1.165, 1.54) is 12.1 Å². The Bertz CT molecular complexity index is 1210. The van der Waals surface area contributed by atoms with Gasteiger partial charge in [-0.1, -0.05) is 45.0 Å². The van der Waals surface area contributed by atoms with Crippen molar-refractivity contribution in [3.63, 3.8) is 0 Å². The number of hydrogen-bond donors (Lipinski definition) is 1. The highest BCUT2D eigenvalue weighted by atomic mass is 16.6. The predicted octanol–water partition coefficient (Wildman–Crippen LogP) is 5.21. The molecule has 2 aliphatic carbocycles. The fraction of sp³-hybridized carbons (Fsp3) is 0.333. The van der Waals surface area contributed by atoms with Gasteiger partial charge in [0.05, 0.1) is 16.3 Å². The summed E-state index contributed by atoms with van der Waals surface area (Å²) in [6, 6.07) is 15.9. The van der Waals surface area contributed by atoms with Gasteiger partial charge in [0.15, 0.2) is 5.69 Å². The first-order chi connectivity index (χ1) is 14.7. The monoisotopic (exact) mass is 416 g/mol. The quantitative estimate of drug-likeness (QED) is 0.467. The Morgan fingerprint density at radius 1 is 1.16 bits per heavy atom. The van der Waals surface area contributed by atoms with Gasteiger partial charge >= 0.3 is 0 Å². The van der Waals surface area contributed by atoms with Crippen LogP contribution in [0.3, 0.4) is 0 Å². The number of anilines is 1. The molecule has 2 aromatic carbocycles. The summed E-state index contributed by atoms with van der Waals surface area (Å²) < 4.78 is 1.93. The van der Waals surface area contributed by atoms with Crippen LogP contribution in [0, 0.1) is 15.5 Å². The van der Waals surface area contributed by atoms with Crippen LogP contribution in [0.15, 0.2) is 54.6 Å². The molecule has 2 bridgehead atoms.